The van der Waals surface area contributed by atoms with Crippen molar-refractivity contribution in [1.29, 1.82) is 0 Å². The third-order valence-electron chi connectivity index (χ3n) is 3.78. The maximum atomic E-state index is 12.3. The highest BCUT2D eigenvalue weighted by molar-refractivity contribution is 7.91. The first-order valence-corrected chi connectivity index (χ1v) is 10.2. The van der Waals surface area contributed by atoms with Crippen molar-refractivity contribution in [1.82, 2.24) is 0 Å². The van der Waals surface area contributed by atoms with E-state index < -0.39 is 15.7 Å². The number of hydrogen-bond donors (Lipinski definition) is 2. The highest BCUT2D eigenvalue weighted by Crippen LogP contribution is 2.32. The normalized spacial score (nSPS) is 11.0. The molecule has 0 saturated heterocycles. The van der Waals surface area contributed by atoms with Crippen molar-refractivity contribution in [2.45, 2.75) is 11.8 Å². The Morgan fingerprint density at radius 2 is 1.81 bits per heavy atom. The Balaban J connectivity index is 2.19. The van der Waals surface area contributed by atoms with E-state index in [2.05, 4.69) is 10.6 Å². The van der Waals surface area contributed by atoms with Crippen LogP contribution in [0.15, 0.2) is 35.2 Å². The zero-order valence-electron chi connectivity index (χ0n) is 15.4. The third kappa shape index (κ3) is 5.05. The number of carbonyl (C=O) groups excluding carboxylic acids is 1. The monoisotopic (exact) mass is 412 g/mol. The molecule has 0 saturated carbocycles. The van der Waals surface area contributed by atoms with Crippen LogP contribution < -0.4 is 20.1 Å². The molecular weight excluding hydrogens is 392 g/mol. The lowest BCUT2D eigenvalue weighted by Crippen LogP contribution is -2.23. The first kappa shape index (κ1) is 20.9. The van der Waals surface area contributed by atoms with Crippen LogP contribution in [0.1, 0.15) is 5.56 Å². The molecule has 2 N–H and O–H groups in total. The van der Waals surface area contributed by atoms with E-state index in [-0.39, 0.29) is 22.2 Å². The van der Waals surface area contributed by atoms with E-state index in [1.54, 1.807) is 37.3 Å². The van der Waals surface area contributed by atoms with Gasteiger partial charge in [-0.15, -0.1) is 0 Å². The van der Waals surface area contributed by atoms with Crippen LogP contribution in [0.2, 0.25) is 5.02 Å². The molecule has 0 aromatic heterocycles. The van der Waals surface area contributed by atoms with Crippen LogP contribution in [0.4, 0.5) is 11.4 Å². The summed E-state index contributed by atoms with van der Waals surface area (Å²) >= 11 is 6.15. The number of ether oxygens (including phenoxy) is 2. The summed E-state index contributed by atoms with van der Waals surface area (Å²) in [4.78, 5) is 12.3. The fourth-order valence-corrected chi connectivity index (χ4v) is 4.05. The number of nitrogens with one attached hydrogen (secondary N) is 2. The number of rotatable bonds is 7. The predicted molar refractivity (Wildman–Crippen MR) is 106 cm³/mol. The molecule has 0 aliphatic carbocycles. The number of anilines is 2. The average molecular weight is 413 g/mol. The summed E-state index contributed by atoms with van der Waals surface area (Å²) in [6, 6.07) is 8.27. The summed E-state index contributed by atoms with van der Waals surface area (Å²) in [6.07, 6.45) is 1.07. The molecule has 0 unspecified atom stereocenters. The Kier molecular flexibility index (Phi) is 6.56. The van der Waals surface area contributed by atoms with Gasteiger partial charge in [0.25, 0.3) is 0 Å². The second-order valence-electron chi connectivity index (χ2n) is 5.81. The lowest BCUT2D eigenvalue weighted by atomic mass is 10.2. The number of aryl methyl sites for hydroxylation is 1. The van der Waals surface area contributed by atoms with Crippen molar-refractivity contribution in [2.24, 2.45) is 0 Å². The van der Waals surface area contributed by atoms with E-state index in [4.69, 9.17) is 21.1 Å². The number of halogens is 1. The number of amides is 1. The van der Waals surface area contributed by atoms with Crippen molar-refractivity contribution < 1.29 is 22.7 Å². The number of carbonyl (C=O) groups is 1. The van der Waals surface area contributed by atoms with Gasteiger partial charge in [-0.2, -0.15) is 0 Å². The third-order valence-corrected chi connectivity index (χ3v) is 5.55. The Morgan fingerprint density at radius 3 is 2.41 bits per heavy atom. The largest absolute Gasteiger partial charge is 0.497 e. The minimum atomic E-state index is -3.58. The SMILES string of the molecule is COc1ccc(OC)c(NC(=O)CNc2ccc(C)c(Cl)c2S(C)(=O)=O)c1. The van der Waals surface area contributed by atoms with Crippen molar-refractivity contribution in [3.63, 3.8) is 0 Å². The molecule has 0 heterocycles. The smallest absolute Gasteiger partial charge is 0.243 e. The topological polar surface area (TPSA) is 93.7 Å². The van der Waals surface area contributed by atoms with Crippen molar-refractivity contribution in [2.75, 3.05) is 37.7 Å². The van der Waals surface area contributed by atoms with E-state index in [9.17, 15) is 13.2 Å². The predicted octanol–water partition coefficient (Wildman–Crippen LogP) is 3.12. The minimum absolute atomic E-state index is 0.0315. The number of benzene rings is 2. The second-order valence-corrected chi connectivity index (χ2v) is 8.14. The average Bonchev–Trinajstić information content (AvgIpc) is 2.61. The van der Waals surface area contributed by atoms with Crippen molar-refractivity contribution in [3.8, 4) is 11.5 Å². The highest BCUT2D eigenvalue weighted by Gasteiger charge is 2.20. The van der Waals surface area contributed by atoms with E-state index in [1.165, 1.54) is 14.2 Å². The van der Waals surface area contributed by atoms with Gasteiger partial charge < -0.3 is 20.1 Å². The lowest BCUT2D eigenvalue weighted by Gasteiger charge is -2.15. The first-order chi connectivity index (χ1) is 12.7. The summed E-state index contributed by atoms with van der Waals surface area (Å²) in [7, 11) is -0.571. The summed E-state index contributed by atoms with van der Waals surface area (Å²) in [5.41, 5.74) is 1.34. The van der Waals surface area contributed by atoms with Gasteiger partial charge in [0.2, 0.25) is 5.91 Å². The highest BCUT2D eigenvalue weighted by atomic mass is 35.5. The maximum Gasteiger partial charge on any atom is 0.243 e. The van der Waals surface area contributed by atoms with Crippen LogP contribution in [0.5, 0.6) is 11.5 Å². The molecule has 2 aromatic rings. The molecule has 0 bridgehead atoms. The molecule has 0 atom stereocenters. The molecule has 27 heavy (non-hydrogen) atoms. The zero-order chi connectivity index (χ0) is 20.2. The molecule has 1 amide bonds. The number of methoxy groups -OCH3 is 2. The van der Waals surface area contributed by atoms with Crippen molar-refractivity contribution >= 4 is 38.7 Å². The zero-order valence-corrected chi connectivity index (χ0v) is 17.0. The molecule has 2 rings (SSSR count). The fourth-order valence-electron chi connectivity index (χ4n) is 2.44. The lowest BCUT2D eigenvalue weighted by molar-refractivity contribution is -0.114. The summed E-state index contributed by atoms with van der Waals surface area (Å²) in [6.45, 7) is 1.55. The molecule has 0 radical (unpaired) electrons. The van der Waals surface area contributed by atoms with Gasteiger partial charge >= 0.3 is 0 Å². The molecule has 146 valence electrons. The van der Waals surface area contributed by atoms with Gasteiger partial charge in [-0.25, -0.2) is 8.42 Å². The van der Waals surface area contributed by atoms with Gasteiger partial charge in [-0.3, -0.25) is 4.79 Å². The fraction of sp³-hybridized carbons (Fsp3) is 0.278. The quantitative estimate of drug-likeness (QED) is 0.725. The van der Waals surface area contributed by atoms with Crippen LogP contribution in [0, 0.1) is 6.92 Å². The van der Waals surface area contributed by atoms with E-state index in [1.807, 2.05) is 0 Å². The van der Waals surface area contributed by atoms with Gasteiger partial charge in [-0.05, 0) is 30.7 Å². The Hall–Kier alpha value is -2.45. The van der Waals surface area contributed by atoms with Gasteiger partial charge in [0.1, 0.15) is 16.4 Å². The van der Waals surface area contributed by atoms with Crippen molar-refractivity contribution in [3.05, 3.63) is 40.9 Å². The van der Waals surface area contributed by atoms with E-state index >= 15 is 0 Å². The molecule has 7 nitrogen and oxygen atoms in total. The minimum Gasteiger partial charge on any atom is -0.497 e. The second kappa shape index (κ2) is 8.49. The molecule has 2 aromatic carbocycles. The molecule has 0 spiro atoms. The Bertz CT molecular complexity index is 960. The van der Waals surface area contributed by atoms with Crippen LogP contribution in [-0.4, -0.2) is 41.3 Å². The van der Waals surface area contributed by atoms with Crippen LogP contribution in [0.25, 0.3) is 0 Å². The molecule has 0 aliphatic rings. The van der Waals surface area contributed by atoms with E-state index in [0.717, 1.165) is 6.26 Å². The molecular formula is C18H21ClN2O5S. The van der Waals surface area contributed by atoms with Crippen LogP contribution in [-0.2, 0) is 14.6 Å². The van der Waals surface area contributed by atoms with Gasteiger partial charge in [0.05, 0.1) is 37.2 Å². The molecule has 9 heteroatoms. The van der Waals surface area contributed by atoms with Crippen LogP contribution in [0.3, 0.4) is 0 Å². The van der Waals surface area contributed by atoms with E-state index in [0.29, 0.717) is 22.7 Å². The Morgan fingerprint density at radius 1 is 1.11 bits per heavy atom. The first-order valence-electron chi connectivity index (χ1n) is 7.92. The summed E-state index contributed by atoms with van der Waals surface area (Å²) in [5.74, 6) is 0.640. The Labute approximate surface area is 163 Å². The standard InChI is InChI=1S/C18H21ClN2O5S/c1-11-5-7-13(18(17(11)19)27(4,23)24)20-10-16(22)21-14-9-12(25-2)6-8-15(14)26-3/h5-9,20H,10H2,1-4H3,(H,21,22). The number of hydrogen-bond acceptors (Lipinski definition) is 6. The van der Waals surface area contributed by atoms with Gasteiger partial charge in [0.15, 0.2) is 9.84 Å². The maximum absolute atomic E-state index is 12.3. The number of sulfone groups is 1. The van der Waals surface area contributed by atoms with Gasteiger partial charge in [-0.1, -0.05) is 17.7 Å². The molecule has 0 fully saturated rings. The molecule has 0 aliphatic heterocycles. The van der Waals surface area contributed by atoms with Crippen LogP contribution >= 0.6 is 11.6 Å². The van der Waals surface area contributed by atoms with Gasteiger partial charge in [0, 0.05) is 12.3 Å². The summed E-state index contributed by atoms with van der Waals surface area (Å²) < 4.78 is 34.5. The summed E-state index contributed by atoms with van der Waals surface area (Å²) in [5, 5.41) is 5.66.